The van der Waals surface area contributed by atoms with Crippen molar-refractivity contribution in [1.29, 1.82) is 0 Å². The summed E-state index contributed by atoms with van der Waals surface area (Å²) in [6.07, 6.45) is 0. The second kappa shape index (κ2) is 9.42. The average molecular weight is 163 g/mol. The van der Waals surface area contributed by atoms with Gasteiger partial charge in [0.15, 0.2) is 0 Å². The van der Waals surface area contributed by atoms with Crippen molar-refractivity contribution < 1.29 is 4.79 Å². The predicted molar refractivity (Wildman–Crippen MR) is 30.4 cm³/mol. The molecule has 6 heavy (non-hydrogen) atoms. The first-order chi connectivity index (χ1) is 2.73. The number of carbonyl (C=O) groups excluding carboxylic acids is 1. The first-order valence-corrected chi connectivity index (χ1v) is 6.18. The van der Waals surface area contributed by atoms with Gasteiger partial charge in [0.05, 0.1) is 0 Å². The van der Waals surface area contributed by atoms with Gasteiger partial charge in [-0.1, -0.05) is 0 Å². The van der Waals surface area contributed by atoms with Crippen molar-refractivity contribution in [2.75, 3.05) is 0 Å². The molecular formula is CH2AlCl3O. The lowest BCUT2D eigenvalue weighted by molar-refractivity contribution is -0.0979. The summed E-state index contributed by atoms with van der Waals surface area (Å²) >= 11 is -1.72. The Morgan fingerprint density at radius 2 is 1.17 bits per heavy atom. The fourth-order valence-corrected chi connectivity index (χ4v) is 0. The molecule has 0 aromatic heterocycles. The standard InChI is InChI=1S/CH2O.Al.3ClH/c1-2;;;;/h1H2;;3*1H/q;+3;;;/p-3. The molecule has 0 fully saturated rings. The minimum absolute atomic E-state index is 1.72. The molecule has 0 N–H and O–H groups in total. The molecule has 0 saturated carbocycles. The van der Waals surface area contributed by atoms with Gasteiger partial charge in [-0.25, -0.2) is 30.1 Å². The fourth-order valence-electron chi connectivity index (χ4n) is 0. The third kappa shape index (κ3) is 73.1. The molecule has 0 aromatic rings. The van der Waals surface area contributed by atoms with Gasteiger partial charge in [0.2, 0.25) is 0 Å². The minimum atomic E-state index is -1.72. The highest BCUT2D eigenvalue weighted by Gasteiger charge is 2.00. The van der Waals surface area contributed by atoms with Crippen molar-refractivity contribution in [2.45, 2.75) is 0 Å². The molecule has 0 atom stereocenters. The van der Waals surface area contributed by atoms with E-state index in [4.69, 9.17) is 34.9 Å². The molecule has 0 aliphatic rings. The van der Waals surface area contributed by atoms with Gasteiger partial charge < -0.3 is 4.79 Å². The molecular weight excluding hydrogens is 161 g/mol. The molecule has 0 spiro atoms. The number of halogens is 3. The van der Waals surface area contributed by atoms with Crippen LogP contribution in [0, 0.1) is 0 Å². The summed E-state index contributed by atoms with van der Waals surface area (Å²) < 4.78 is 0. The molecule has 0 bridgehead atoms. The van der Waals surface area contributed by atoms with E-state index in [1.165, 1.54) is 0 Å². The van der Waals surface area contributed by atoms with Crippen LogP contribution in [0.15, 0.2) is 0 Å². The van der Waals surface area contributed by atoms with Crippen molar-refractivity contribution in [3.8, 4) is 0 Å². The Kier molecular flexibility index (Phi) is 15.9. The lowest BCUT2D eigenvalue weighted by Crippen LogP contribution is -1.66. The predicted octanol–water partition coefficient (Wildman–Crippen LogP) is 1.50. The lowest BCUT2D eigenvalue weighted by atomic mass is 11.9. The van der Waals surface area contributed by atoms with Crippen LogP contribution < -0.4 is 0 Å². The maximum atomic E-state index is 8.00. The highest BCUT2D eigenvalue weighted by Crippen LogP contribution is 1.97. The molecule has 0 radical (unpaired) electrons. The Labute approximate surface area is 53.2 Å². The van der Waals surface area contributed by atoms with Crippen LogP contribution in [0.25, 0.3) is 0 Å². The highest BCUT2D eigenvalue weighted by atomic mass is 35.8. The van der Waals surface area contributed by atoms with Crippen LogP contribution >= 0.6 is 30.1 Å². The number of rotatable bonds is 0. The van der Waals surface area contributed by atoms with E-state index in [1.807, 2.05) is 6.79 Å². The maximum absolute atomic E-state index is 8.00. The Bertz CT molecular complexity index is 22.0. The van der Waals surface area contributed by atoms with Crippen LogP contribution in [0.2, 0.25) is 0 Å². The first-order valence-electron chi connectivity index (χ1n) is 0.943. The number of hydrogen-bond acceptors (Lipinski definition) is 1. The SMILES string of the molecule is C=O.[Cl][Al]([Cl])[Cl]. The van der Waals surface area contributed by atoms with E-state index in [0.717, 1.165) is 0 Å². The fraction of sp³-hybridized carbons (Fsp3) is 0. The topological polar surface area (TPSA) is 17.1 Å². The summed E-state index contributed by atoms with van der Waals surface area (Å²) in [5.74, 6) is 0. The Morgan fingerprint density at radius 3 is 1.17 bits per heavy atom. The van der Waals surface area contributed by atoms with Crippen LogP contribution in [-0.2, 0) is 4.79 Å². The Balaban J connectivity index is 0. The van der Waals surface area contributed by atoms with E-state index in [1.54, 1.807) is 0 Å². The summed E-state index contributed by atoms with van der Waals surface area (Å²) in [6.45, 7) is 2.00. The molecule has 0 saturated heterocycles. The molecule has 0 amide bonds. The zero-order valence-corrected chi connectivity index (χ0v) is 6.25. The van der Waals surface area contributed by atoms with E-state index < -0.39 is 11.4 Å². The third-order valence-corrected chi connectivity index (χ3v) is 0. The average Bonchev–Trinajstić information content (AvgIpc) is 1.41. The summed E-state index contributed by atoms with van der Waals surface area (Å²) in [7, 11) is 14.8. The molecule has 0 aliphatic carbocycles. The van der Waals surface area contributed by atoms with Gasteiger partial charge in [-0.2, -0.15) is 0 Å². The van der Waals surface area contributed by atoms with Crippen LogP contribution in [0.4, 0.5) is 0 Å². The quantitative estimate of drug-likeness (QED) is 0.495. The van der Waals surface area contributed by atoms with Gasteiger partial charge >= 0.3 is 11.4 Å². The molecule has 5 heteroatoms. The Morgan fingerprint density at radius 1 is 1.17 bits per heavy atom. The van der Waals surface area contributed by atoms with Crippen LogP contribution in [0.3, 0.4) is 0 Å². The van der Waals surface area contributed by atoms with E-state index in [0.29, 0.717) is 0 Å². The van der Waals surface area contributed by atoms with Crippen molar-refractivity contribution in [1.82, 2.24) is 0 Å². The molecule has 0 rings (SSSR count). The molecule has 0 heterocycles. The van der Waals surface area contributed by atoms with Crippen LogP contribution in [0.5, 0.6) is 0 Å². The van der Waals surface area contributed by atoms with E-state index >= 15 is 0 Å². The van der Waals surface area contributed by atoms with E-state index in [2.05, 4.69) is 0 Å². The van der Waals surface area contributed by atoms with Gasteiger partial charge in [-0.05, 0) is 0 Å². The third-order valence-electron chi connectivity index (χ3n) is 0. The van der Waals surface area contributed by atoms with Crippen LogP contribution in [0.1, 0.15) is 0 Å². The van der Waals surface area contributed by atoms with Crippen molar-refractivity contribution >= 4 is 48.3 Å². The second-order valence-corrected chi connectivity index (χ2v) is 6.68. The van der Waals surface area contributed by atoms with Gasteiger partial charge in [-0.15, -0.1) is 0 Å². The molecule has 0 unspecified atom stereocenters. The van der Waals surface area contributed by atoms with Gasteiger partial charge in [0, 0.05) is 0 Å². The molecule has 36 valence electrons. The van der Waals surface area contributed by atoms with Crippen molar-refractivity contribution in [2.24, 2.45) is 0 Å². The van der Waals surface area contributed by atoms with Gasteiger partial charge in [-0.3, -0.25) is 0 Å². The largest absolute Gasteiger partial charge is 0.643 e. The van der Waals surface area contributed by atoms with Crippen molar-refractivity contribution in [3.63, 3.8) is 0 Å². The molecule has 1 nitrogen and oxygen atoms in total. The molecule has 0 aliphatic heterocycles. The number of hydrogen-bond donors (Lipinski definition) is 0. The Hall–Kier alpha value is 1.07. The van der Waals surface area contributed by atoms with Gasteiger partial charge in [0.1, 0.15) is 6.79 Å². The second-order valence-electron chi connectivity index (χ2n) is 0.247. The van der Waals surface area contributed by atoms with E-state index in [-0.39, 0.29) is 0 Å². The molecule has 0 aromatic carbocycles. The maximum Gasteiger partial charge on any atom is 0.643 e. The summed E-state index contributed by atoms with van der Waals surface area (Å²) in [6, 6.07) is 0. The summed E-state index contributed by atoms with van der Waals surface area (Å²) in [5, 5.41) is 0. The highest BCUT2D eigenvalue weighted by molar-refractivity contribution is 7.54. The zero-order chi connectivity index (χ0) is 5.58. The van der Waals surface area contributed by atoms with Gasteiger partial charge in [0.25, 0.3) is 0 Å². The smallest absolute Gasteiger partial charge is 0.307 e. The lowest BCUT2D eigenvalue weighted by Gasteiger charge is -1.57. The number of carbonyl (C=O) groups is 1. The summed E-state index contributed by atoms with van der Waals surface area (Å²) in [4.78, 5) is 8.00. The normalized spacial score (nSPS) is 5.17. The monoisotopic (exact) mass is 162 g/mol. The van der Waals surface area contributed by atoms with Crippen LogP contribution in [-0.4, -0.2) is 18.2 Å². The van der Waals surface area contributed by atoms with E-state index in [9.17, 15) is 0 Å². The van der Waals surface area contributed by atoms with Crippen molar-refractivity contribution in [3.05, 3.63) is 0 Å². The summed E-state index contributed by atoms with van der Waals surface area (Å²) in [5.41, 5.74) is 0. The minimum Gasteiger partial charge on any atom is -0.307 e. The zero-order valence-electron chi connectivity index (χ0n) is 2.83. The first kappa shape index (κ1) is 10.1.